The van der Waals surface area contributed by atoms with Crippen LogP contribution in [0.1, 0.15) is 30.0 Å². The highest BCUT2D eigenvalue weighted by Gasteiger charge is 2.22. The van der Waals surface area contributed by atoms with Crippen LogP contribution in [-0.2, 0) is 6.42 Å². The van der Waals surface area contributed by atoms with Gasteiger partial charge in [0.05, 0.1) is 0 Å². The summed E-state index contributed by atoms with van der Waals surface area (Å²) in [4.78, 5) is 0. The van der Waals surface area contributed by atoms with E-state index in [0.717, 1.165) is 19.4 Å². The molecule has 1 N–H and O–H groups in total. The van der Waals surface area contributed by atoms with E-state index in [1.54, 1.807) is 12.1 Å². The fraction of sp³-hybridized carbons (Fsp3) is 0.333. The molecule has 2 unspecified atom stereocenters. The first-order chi connectivity index (χ1) is 9.81. The van der Waals surface area contributed by atoms with Crippen molar-refractivity contribution in [1.29, 1.82) is 0 Å². The molecule has 1 aliphatic heterocycles. The number of piperidine rings is 1. The Bertz CT molecular complexity index is 541. The molecule has 3 heteroatoms. The molecule has 0 spiro atoms. The van der Waals surface area contributed by atoms with E-state index in [2.05, 4.69) is 35.6 Å². The normalized spacial score (nSPS) is 21.6. The quantitative estimate of drug-likeness (QED) is 0.878. The minimum Gasteiger partial charge on any atom is -0.310 e. The van der Waals surface area contributed by atoms with E-state index >= 15 is 0 Å². The third-order valence-corrected chi connectivity index (χ3v) is 4.15. The molecule has 1 heterocycles. The van der Waals surface area contributed by atoms with Gasteiger partial charge in [-0.2, -0.15) is 0 Å². The van der Waals surface area contributed by atoms with Crippen LogP contribution < -0.4 is 5.32 Å². The van der Waals surface area contributed by atoms with E-state index in [1.165, 1.54) is 17.5 Å². The molecule has 0 radical (unpaired) electrons. The highest BCUT2D eigenvalue weighted by Crippen LogP contribution is 2.29. The summed E-state index contributed by atoms with van der Waals surface area (Å²) in [5, 5.41) is 3.55. The molecule has 0 amide bonds. The first-order valence-corrected chi connectivity index (χ1v) is 7.34. The number of hydrogen-bond acceptors (Lipinski definition) is 1. The van der Waals surface area contributed by atoms with Gasteiger partial charge in [0, 0.05) is 6.04 Å². The molecule has 2 aromatic rings. The van der Waals surface area contributed by atoms with Crippen LogP contribution in [0.3, 0.4) is 0 Å². The molecule has 2 aromatic carbocycles. The molecule has 1 fully saturated rings. The maximum absolute atomic E-state index is 13.0. The highest BCUT2D eigenvalue weighted by atomic mass is 35.5. The fourth-order valence-corrected chi connectivity index (χ4v) is 3.08. The molecular formula is C18H21ClFN. The summed E-state index contributed by atoms with van der Waals surface area (Å²) in [7, 11) is 0. The summed E-state index contributed by atoms with van der Waals surface area (Å²) in [6.45, 7) is 1.04. The lowest BCUT2D eigenvalue weighted by molar-refractivity contribution is 0.304. The predicted molar refractivity (Wildman–Crippen MR) is 87.3 cm³/mol. The molecule has 21 heavy (non-hydrogen) atoms. The molecule has 112 valence electrons. The molecule has 0 bridgehead atoms. The third kappa shape index (κ3) is 4.29. The molecule has 0 saturated carbocycles. The standard InChI is InChI=1S/C18H20FN.ClH/c19-17-8-6-16(7-9-17)18-13-15(10-11-20-18)12-14-4-2-1-3-5-14;/h1-9,15,18,20H,10-13H2;1H. The second-order valence-electron chi connectivity index (χ2n) is 5.64. The smallest absolute Gasteiger partial charge is 0.123 e. The topological polar surface area (TPSA) is 12.0 Å². The zero-order chi connectivity index (χ0) is 13.8. The maximum atomic E-state index is 13.0. The number of halogens is 2. The van der Waals surface area contributed by atoms with E-state index < -0.39 is 0 Å². The van der Waals surface area contributed by atoms with Crippen molar-refractivity contribution < 1.29 is 4.39 Å². The van der Waals surface area contributed by atoms with Gasteiger partial charge in [0.1, 0.15) is 5.82 Å². The lowest BCUT2D eigenvalue weighted by Gasteiger charge is -2.31. The second kappa shape index (κ2) is 7.58. The van der Waals surface area contributed by atoms with Gasteiger partial charge in [-0.1, -0.05) is 42.5 Å². The summed E-state index contributed by atoms with van der Waals surface area (Å²) in [5.41, 5.74) is 2.61. The maximum Gasteiger partial charge on any atom is 0.123 e. The summed E-state index contributed by atoms with van der Waals surface area (Å²) in [5.74, 6) is 0.541. The van der Waals surface area contributed by atoms with Gasteiger partial charge in [0.25, 0.3) is 0 Å². The van der Waals surface area contributed by atoms with Crippen molar-refractivity contribution in [2.45, 2.75) is 25.3 Å². The molecule has 1 saturated heterocycles. The summed E-state index contributed by atoms with van der Waals surface area (Å²) in [6, 6.07) is 17.9. The van der Waals surface area contributed by atoms with Crippen LogP contribution in [-0.4, -0.2) is 6.54 Å². The average molecular weight is 306 g/mol. The lowest BCUT2D eigenvalue weighted by atomic mass is 9.85. The Morgan fingerprint density at radius 2 is 1.71 bits per heavy atom. The van der Waals surface area contributed by atoms with Crippen molar-refractivity contribution in [3.63, 3.8) is 0 Å². The van der Waals surface area contributed by atoms with Crippen molar-refractivity contribution in [3.8, 4) is 0 Å². The van der Waals surface area contributed by atoms with Gasteiger partial charge in [0.15, 0.2) is 0 Å². The average Bonchev–Trinajstić information content (AvgIpc) is 2.49. The first-order valence-electron chi connectivity index (χ1n) is 7.34. The van der Waals surface area contributed by atoms with Crippen LogP contribution in [0.5, 0.6) is 0 Å². The molecular weight excluding hydrogens is 285 g/mol. The Hall–Kier alpha value is -1.38. The highest BCUT2D eigenvalue weighted by molar-refractivity contribution is 5.85. The number of nitrogens with one attached hydrogen (secondary N) is 1. The van der Waals surface area contributed by atoms with E-state index in [1.807, 2.05) is 12.1 Å². The number of rotatable bonds is 3. The lowest BCUT2D eigenvalue weighted by Crippen LogP contribution is -2.32. The van der Waals surface area contributed by atoms with Gasteiger partial charge in [-0.05, 0) is 55.0 Å². The van der Waals surface area contributed by atoms with Crippen molar-refractivity contribution in [2.75, 3.05) is 6.54 Å². The van der Waals surface area contributed by atoms with Gasteiger partial charge in [-0.3, -0.25) is 0 Å². The zero-order valence-corrected chi connectivity index (χ0v) is 12.8. The Kier molecular flexibility index (Phi) is 5.77. The van der Waals surface area contributed by atoms with Crippen molar-refractivity contribution >= 4 is 12.4 Å². The van der Waals surface area contributed by atoms with Gasteiger partial charge < -0.3 is 5.32 Å². The molecule has 0 aliphatic carbocycles. The minimum absolute atomic E-state index is 0. The zero-order valence-electron chi connectivity index (χ0n) is 12.0. The van der Waals surface area contributed by atoms with Crippen LogP contribution in [0.15, 0.2) is 54.6 Å². The predicted octanol–water partition coefficient (Wildman–Crippen LogP) is 4.53. The van der Waals surface area contributed by atoms with E-state index in [9.17, 15) is 4.39 Å². The number of benzene rings is 2. The van der Waals surface area contributed by atoms with Gasteiger partial charge in [0.2, 0.25) is 0 Å². The third-order valence-electron chi connectivity index (χ3n) is 4.15. The van der Waals surface area contributed by atoms with E-state index in [0.29, 0.717) is 12.0 Å². The molecule has 1 aliphatic rings. The largest absolute Gasteiger partial charge is 0.310 e. The molecule has 1 nitrogen and oxygen atoms in total. The van der Waals surface area contributed by atoms with Crippen molar-refractivity contribution in [1.82, 2.24) is 5.32 Å². The summed E-state index contributed by atoms with van der Waals surface area (Å²) >= 11 is 0. The Morgan fingerprint density at radius 3 is 2.43 bits per heavy atom. The minimum atomic E-state index is -0.162. The Morgan fingerprint density at radius 1 is 1.00 bits per heavy atom. The van der Waals surface area contributed by atoms with Crippen LogP contribution in [0.4, 0.5) is 4.39 Å². The van der Waals surface area contributed by atoms with Crippen molar-refractivity contribution in [3.05, 3.63) is 71.5 Å². The Labute approximate surface area is 132 Å². The Balaban J connectivity index is 0.00000161. The summed E-state index contributed by atoms with van der Waals surface area (Å²) in [6.07, 6.45) is 3.48. The fourth-order valence-electron chi connectivity index (χ4n) is 3.08. The van der Waals surface area contributed by atoms with Crippen LogP contribution in [0.25, 0.3) is 0 Å². The SMILES string of the molecule is Cl.Fc1ccc(C2CC(Cc3ccccc3)CCN2)cc1. The first kappa shape index (κ1) is 16.0. The van der Waals surface area contributed by atoms with Gasteiger partial charge in [-0.25, -0.2) is 4.39 Å². The summed E-state index contributed by atoms with van der Waals surface area (Å²) < 4.78 is 13.0. The molecule has 3 rings (SSSR count). The van der Waals surface area contributed by atoms with Crippen LogP contribution in [0.2, 0.25) is 0 Å². The second-order valence-corrected chi connectivity index (χ2v) is 5.64. The van der Waals surface area contributed by atoms with Gasteiger partial charge >= 0.3 is 0 Å². The monoisotopic (exact) mass is 305 g/mol. The molecule has 2 atom stereocenters. The van der Waals surface area contributed by atoms with Gasteiger partial charge in [-0.15, -0.1) is 12.4 Å². The van der Waals surface area contributed by atoms with Crippen LogP contribution >= 0.6 is 12.4 Å². The van der Waals surface area contributed by atoms with E-state index in [4.69, 9.17) is 0 Å². The van der Waals surface area contributed by atoms with E-state index in [-0.39, 0.29) is 18.2 Å². The van der Waals surface area contributed by atoms with Crippen LogP contribution in [0, 0.1) is 11.7 Å². The van der Waals surface area contributed by atoms with Crippen molar-refractivity contribution in [2.24, 2.45) is 5.92 Å². The number of hydrogen-bond donors (Lipinski definition) is 1. The molecule has 0 aromatic heterocycles.